The Morgan fingerprint density at radius 3 is 2.69 bits per heavy atom. The number of allylic oxidation sites excluding steroid dienone is 1. The first-order valence-corrected chi connectivity index (χ1v) is 10.4. The fraction of sp³-hybridized carbons (Fsp3) is 0.391. The van der Waals surface area contributed by atoms with Gasteiger partial charge in [0.2, 0.25) is 0 Å². The number of furan rings is 1. The monoisotopic (exact) mass is 412 g/mol. The standard InChI is InChI=1S/C23H24O5S/c29-20-8-2-1-6-17(20)23(15-24-13-14-28-23)18-9-12-27-22(18)21-16(5-3-11-26-21)19-7-4-10-25-19/h1-8,10,16,18,29H,9,11-15H2/b22-21+. The quantitative estimate of drug-likeness (QED) is 0.597. The molecule has 0 bridgehead atoms. The highest BCUT2D eigenvalue weighted by molar-refractivity contribution is 7.80. The van der Waals surface area contributed by atoms with Crippen LogP contribution in [-0.4, -0.2) is 33.0 Å². The summed E-state index contributed by atoms with van der Waals surface area (Å²) >= 11 is 4.73. The van der Waals surface area contributed by atoms with E-state index in [9.17, 15) is 0 Å². The lowest BCUT2D eigenvalue weighted by Crippen LogP contribution is -2.47. The van der Waals surface area contributed by atoms with Crippen molar-refractivity contribution in [3.63, 3.8) is 0 Å². The first kappa shape index (κ1) is 18.9. The molecule has 1 aromatic carbocycles. The Kier molecular flexibility index (Phi) is 5.16. The average molecular weight is 413 g/mol. The van der Waals surface area contributed by atoms with Crippen LogP contribution in [0.4, 0.5) is 0 Å². The van der Waals surface area contributed by atoms with Crippen molar-refractivity contribution in [2.45, 2.75) is 22.8 Å². The van der Waals surface area contributed by atoms with Gasteiger partial charge in [0.25, 0.3) is 0 Å². The van der Waals surface area contributed by atoms with Gasteiger partial charge in [0.05, 0.1) is 44.5 Å². The highest BCUT2D eigenvalue weighted by Gasteiger charge is 2.51. The van der Waals surface area contributed by atoms with Crippen LogP contribution in [0.3, 0.4) is 0 Å². The average Bonchev–Trinajstić information content (AvgIpc) is 3.47. The fourth-order valence-corrected chi connectivity index (χ4v) is 4.90. The molecule has 0 aliphatic carbocycles. The molecule has 3 aliphatic rings. The van der Waals surface area contributed by atoms with Crippen molar-refractivity contribution in [1.82, 2.24) is 0 Å². The van der Waals surface area contributed by atoms with Gasteiger partial charge in [0.15, 0.2) is 0 Å². The Bertz CT molecular complexity index is 911. The third-order valence-corrected chi connectivity index (χ3v) is 6.24. The molecule has 3 aliphatic heterocycles. The van der Waals surface area contributed by atoms with Crippen LogP contribution in [0.1, 0.15) is 23.7 Å². The zero-order valence-electron chi connectivity index (χ0n) is 16.1. The largest absolute Gasteiger partial charge is 0.494 e. The van der Waals surface area contributed by atoms with Gasteiger partial charge in [-0.2, -0.15) is 0 Å². The van der Waals surface area contributed by atoms with E-state index in [1.54, 1.807) is 6.26 Å². The van der Waals surface area contributed by atoms with Gasteiger partial charge in [-0.05, 0) is 24.6 Å². The van der Waals surface area contributed by atoms with Gasteiger partial charge >= 0.3 is 0 Å². The van der Waals surface area contributed by atoms with Gasteiger partial charge in [0, 0.05) is 10.5 Å². The van der Waals surface area contributed by atoms with Crippen LogP contribution in [0, 0.1) is 5.92 Å². The van der Waals surface area contributed by atoms with E-state index >= 15 is 0 Å². The summed E-state index contributed by atoms with van der Waals surface area (Å²) in [6, 6.07) is 11.9. The summed E-state index contributed by atoms with van der Waals surface area (Å²) in [5.74, 6) is 2.33. The van der Waals surface area contributed by atoms with Crippen molar-refractivity contribution in [1.29, 1.82) is 0 Å². The topological polar surface area (TPSA) is 50.1 Å². The van der Waals surface area contributed by atoms with Crippen molar-refractivity contribution < 1.29 is 23.4 Å². The summed E-state index contributed by atoms with van der Waals surface area (Å²) < 4.78 is 30.4. The second kappa shape index (κ2) is 7.94. The first-order valence-electron chi connectivity index (χ1n) is 9.99. The van der Waals surface area contributed by atoms with Crippen molar-refractivity contribution in [3.05, 3.63) is 77.7 Å². The Hall–Kier alpha value is -2.15. The molecule has 3 unspecified atom stereocenters. The molecular formula is C23H24O5S. The maximum absolute atomic E-state index is 6.48. The van der Waals surface area contributed by atoms with E-state index in [0.29, 0.717) is 33.0 Å². The molecule has 2 saturated heterocycles. The zero-order valence-corrected chi connectivity index (χ0v) is 17.0. The normalized spacial score (nSPS) is 32.0. The van der Waals surface area contributed by atoms with Gasteiger partial charge in [-0.1, -0.05) is 30.4 Å². The minimum atomic E-state index is -0.659. The lowest BCUT2D eigenvalue weighted by Gasteiger charge is -2.42. The highest BCUT2D eigenvalue weighted by atomic mass is 32.1. The van der Waals surface area contributed by atoms with E-state index < -0.39 is 5.60 Å². The van der Waals surface area contributed by atoms with Crippen molar-refractivity contribution in [2.75, 3.05) is 33.0 Å². The summed E-state index contributed by atoms with van der Waals surface area (Å²) in [5, 5.41) is 0. The number of hydrogen-bond donors (Lipinski definition) is 1. The molecule has 152 valence electrons. The molecule has 4 heterocycles. The Morgan fingerprint density at radius 1 is 0.966 bits per heavy atom. The maximum atomic E-state index is 6.48. The molecule has 6 heteroatoms. The van der Waals surface area contributed by atoms with Crippen molar-refractivity contribution in [2.24, 2.45) is 5.92 Å². The van der Waals surface area contributed by atoms with Crippen LogP contribution in [-0.2, 0) is 24.5 Å². The lowest BCUT2D eigenvalue weighted by atomic mass is 9.77. The van der Waals surface area contributed by atoms with E-state index in [2.05, 4.69) is 12.1 Å². The molecule has 5 rings (SSSR count). The second-order valence-electron chi connectivity index (χ2n) is 7.46. The van der Waals surface area contributed by atoms with Crippen LogP contribution < -0.4 is 0 Å². The molecule has 1 aromatic heterocycles. The van der Waals surface area contributed by atoms with Crippen LogP contribution >= 0.6 is 12.6 Å². The zero-order chi connectivity index (χ0) is 19.7. The smallest absolute Gasteiger partial charge is 0.149 e. The van der Waals surface area contributed by atoms with E-state index in [4.69, 9.17) is 36.0 Å². The number of thiol groups is 1. The van der Waals surface area contributed by atoms with E-state index in [-0.39, 0.29) is 11.8 Å². The molecule has 0 saturated carbocycles. The molecule has 0 N–H and O–H groups in total. The Morgan fingerprint density at radius 2 is 1.90 bits per heavy atom. The molecule has 29 heavy (non-hydrogen) atoms. The molecule has 0 radical (unpaired) electrons. The predicted octanol–water partition coefficient (Wildman–Crippen LogP) is 4.43. The third kappa shape index (κ3) is 3.29. The number of rotatable bonds is 3. The molecule has 2 fully saturated rings. The molecule has 0 amide bonds. The molecule has 2 aromatic rings. The fourth-order valence-electron chi connectivity index (χ4n) is 4.55. The van der Waals surface area contributed by atoms with E-state index in [0.717, 1.165) is 34.2 Å². The van der Waals surface area contributed by atoms with Crippen molar-refractivity contribution in [3.8, 4) is 0 Å². The number of benzene rings is 1. The molecular weight excluding hydrogens is 388 g/mol. The summed E-state index contributed by atoms with van der Waals surface area (Å²) in [6.07, 6.45) is 6.63. The van der Waals surface area contributed by atoms with Crippen LogP contribution in [0.25, 0.3) is 0 Å². The Labute approximate surface area is 175 Å². The SMILES string of the molecule is Sc1ccccc1C1(C2CCO/C2=C2/OCC=CC2c2ccco2)COCCO1. The van der Waals surface area contributed by atoms with Gasteiger partial charge in [0.1, 0.15) is 29.5 Å². The first-order chi connectivity index (χ1) is 14.3. The highest BCUT2D eigenvalue weighted by Crippen LogP contribution is 2.49. The third-order valence-electron chi connectivity index (χ3n) is 5.85. The summed E-state index contributed by atoms with van der Waals surface area (Å²) in [4.78, 5) is 0.890. The number of hydrogen-bond acceptors (Lipinski definition) is 6. The van der Waals surface area contributed by atoms with Gasteiger partial charge in [-0.3, -0.25) is 0 Å². The van der Waals surface area contributed by atoms with Crippen molar-refractivity contribution >= 4 is 12.6 Å². The van der Waals surface area contributed by atoms with Gasteiger partial charge in [-0.25, -0.2) is 0 Å². The summed E-state index contributed by atoms with van der Waals surface area (Å²) in [6.45, 7) is 2.70. The minimum Gasteiger partial charge on any atom is -0.494 e. The predicted molar refractivity (Wildman–Crippen MR) is 110 cm³/mol. The Balaban J connectivity index is 1.62. The van der Waals surface area contributed by atoms with Crippen LogP contribution in [0.2, 0.25) is 0 Å². The molecule has 3 atom stereocenters. The summed E-state index contributed by atoms with van der Waals surface area (Å²) in [7, 11) is 0. The summed E-state index contributed by atoms with van der Waals surface area (Å²) in [5.41, 5.74) is 0.366. The van der Waals surface area contributed by atoms with Gasteiger partial charge in [-0.15, -0.1) is 12.6 Å². The molecule has 0 spiro atoms. The second-order valence-corrected chi connectivity index (χ2v) is 7.94. The van der Waals surface area contributed by atoms with E-state index in [1.807, 2.05) is 36.4 Å². The van der Waals surface area contributed by atoms with Crippen LogP contribution in [0.5, 0.6) is 0 Å². The lowest BCUT2D eigenvalue weighted by molar-refractivity contribution is -0.186. The molecule has 5 nitrogen and oxygen atoms in total. The van der Waals surface area contributed by atoms with Crippen LogP contribution in [0.15, 0.2) is 75.6 Å². The van der Waals surface area contributed by atoms with Gasteiger partial charge < -0.3 is 23.4 Å². The minimum absolute atomic E-state index is 0.0323. The number of ether oxygens (including phenoxy) is 4. The maximum Gasteiger partial charge on any atom is 0.149 e. The van der Waals surface area contributed by atoms with E-state index in [1.165, 1.54) is 0 Å².